The zero-order chi connectivity index (χ0) is 27.1. The molecule has 0 unspecified atom stereocenters. The molecule has 0 heterocycles. The molecule has 1 fully saturated rings. The Bertz CT molecular complexity index is 1180. The first-order valence-electron chi connectivity index (χ1n) is 13.5. The minimum atomic E-state index is -1.80. The largest absolute Gasteiger partial charge is 0.352 e. The molecule has 38 heavy (non-hydrogen) atoms. The summed E-state index contributed by atoms with van der Waals surface area (Å²) < 4.78 is 26.0. The van der Waals surface area contributed by atoms with Gasteiger partial charge in [0.15, 0.2) is 0 Å². The summed E-state index contributed by atoms with van der Waals surface area (Å²) in [6, 6.07) is 10.4. The number of fused-ring (bicyclic) bond motifs is 1. The fourth-order valence-electron chi connectivity index (χ4n) is 5.37. The molecule has 204 valence electrons. The van der Waals surface area contributed by atoms with E-state index in [1.165, 1.54) is 41.1 Å². The zero-order valence-corrected chi connectivity index (χ0v) is 22.7. The van der Waals surface area contributed by atoms with Crippen LogP contribution < -0.4 is 15.5 Å². The number of amides is 3. The Kier molecular flexibility index (Phi) is 9.66. The van der Waals surface area contributed by atoms with Gasteiger partial charge >= 0.3 is 0 Å². The number of nitrogens with one attached hydrogen (secondary N) is 2. The molecule has 0 spiro atoms. The maximum atomic E-state index is 13.6. The van der Waals surface area contributed by atoms with Gasteiger partial charge in [0.1, 0.15) is 23.4 Å². The number of halogens is 1. The highest BCUT2D eigenvalue weighted by molar-refractivity contribution is 7.86. The van der Waals surface area contributed by atoms with Crippen molar-refractivity contribution in [3.8, 4) is 0 Å². The SMILES string of the molecule is C[C@@H](C(=O)NC1CCCCC1)N(C(=O)C[S@@](=O)CC(=O)Nc1ccc(F)cc1)c1cccc2c1CCCC2. The molecular weight excluding hydrogens is 505 g/mol. The maximum absolute atomic E-state index is 13.6. The molecule has 4 rings (SSSR count). The van der Waals surface area contributed by atoms with Gasteiger partial charge in [0, 0.05) is 28.2 Å². The van der Waals surface area contributed by atoms with Crippen molar-refractivity contribution in [1.29, 1.82) is 0 Å². The lowest BCUT2D eigenvalue weighted by Crippen LogP contribution is -2.52. The summed E-state index contributed by atoms with van der Waals surface area (Å²) in [7, 11) is -1.80. The first-order valence-corrected chi connectivity index (χ1v) is 14.9. The van der Waals surface area contributed by atoms with Crippen LogP contribution in [0, 0.1) is 5.82 Å². The molecule has 0 aliphatic heterocycles. The minimum Gasteiger partial charge on any atom is -0.352 e. The molecule has 0 saturated heterocycles. The quantitative estimate of drug-likeness (QED) is 0.496. The van der Waals surface area contributed by atoms with Crippen LogP contribution in [0.1, 0.15) is 63.0 Å². The topological polar surface area (TPSA) is 95.6 Å². The van der Waals surface area contributed by atoms with Gasteiger partial charge in [0.2, 0.25) is 17.7 Å². The Morgan fingerprint density at radius 3 is 2.42 bits per heavy atom. The molecule has 2 aliphatic carbocycles. The third kappa shape index (κ3) is 7.28. The summed E-state index contributed by atoms with van der Waals surface area (Å²) in [5, 5.41) is 5.69. The van der Waals surface area contributed by atoms with Crippen LogP contribution in [0.3, 0.4) is 0 Å². The van der Waals surface area contributed by atoms with E-state index in [1.54, 1.807) is 6.92 Å². The van der Waals surface area contributed by atoms with Crippen LogP contribution in [0.4, 0.5) is 15.8 Å². The number of nitrogens with zero attached hydrogens (tertiary/aromatic N) is 1. The average molecular weight is 542 g/mol. The Hall–Kier alpha value is -3.07. The molecule has 2 aliphatic rings. The molecule has 0 aromatic heterocycles. The smallest absolute Gasteiger partial charge is 0.243 e. The molecule has 1 saturated carbocycles. The normalized spacial score (nSPS) is 17.1. The van der Waals surface area contributed by atoms with E-state index in [0.29, 0.717) is 11.4 Å². The van der Waals surface area contributed by atoms with Gasteiger partial charge in [0.25, 0.3) is 0 Å². The van der Waals surface area contributed by atoms with Gasteiger partial charge < -0.3 is 10.6 Å². The van der Waals surface area contributed by atoms with Crippen molar-refractivity contribution in [1.82, 2.24) is 5.32 Å². The number of benzene rings is 2. The number of carbonyl (C=O) groups is 3. The highest BCUT2D eigenvalue weighted by Gasteiger charge is 2.32. The van der Waals surface area contributed by atoms with Crippen LogP contribution >= 0.6 is 0 Å². The highest BCUT2D eigenvalue weighted by Crippen LogP contribution is 2.32. The highest BCUT2D eigenvalue weighted by atomic mass is 32.2. The third-order valence-corrected chi connectivity index (χ3v) is 8.48. The van der Waals surface area contributed by atoms with E-state index in [2.05, 4.69) is 16.7 Å². The Labute approximate surface area is 226 Å². The fourth-order valence-corrected chi connectivity index (χ4v) is 6.25. The number of hydrogen-bond donors (Lipinski definition) is 2. The van der Waals surface area contributed by atoms with Crippen molar-refractivity contribution in [2.75, 3.05) is 21.7 Å². The van der Waals surface area contributed by atoms with E-state index >= 15 is 0 Å². The summed E-state index contributed by atoms with van der Waals surface area (Å²) in [4.78, 5) is 40.8. The monoisotopic (exact) mass is 541 g/mol. The predicted molar refractivity (Wildman–Crippen MR) is 148 cm³/mol. The number of rotatable bonds is 9. The van der Waals surface area contributed by atoms with Crippen molar-refractivity contribution in [2.24, 2.45) is 0 Å². The van der Waals surface area contributed by atoms with Crippen molar-refractivity contribution >= 4 is 39.9 Å². The molecule has 9 heteroatoms. The summed E-state index contributed by atoms with van der Waals surface area (Å²) in [5.74, 6) is -2.41. The first-order chi connectivity index (χ1) is 18.3. The lowest BCUT2D eigenvalue weighted by atomic mass is 9.89. The predicted octanol–water partition coefficient (Wildman–Crippen LogP) is 4.26. The van der Waals surface area contributed by atoms with Crippen molar-refractivity contribution in [2.45, 2.75) is 76.8 Å². The average Bonchev–Trinajstić information content (AvgIpc) is 2.90. The van der Waals surface area contributed by atoms with E-state index in [0.717, 1.165) is 56.9 Å². The van der Waals surface area contributed by atoms with Gasteiger partial charge in [-0.25, -0.2) is 4.39 Å². The third-order valence-electron chi connectivity index (χ3n) is 7.32. The van der Waals surface area contributed by atoms with Gasteiger partial charge in [-0.15, -0.1) is 0 Å². The second kappa shape index (κ2) is 13.1. The minimum absolute atomic E-state index is 0.102. The van der Waals surface area contributed by atoms with E-state index in [1.807, 2.05) is 12.1 Å². The van der Waals surface area contributed by atoms with E-state index < -0.39 is 34.5 Å². The maximum Gasteiger partial charge on any atom is 0.243 e. The number of aryl methyl sites for hydroxylation is 1. The lowest BCUT2D eigenvalue weighted by Gasteiger charge is -2.33. The molecule has 0 bridgehead atoms. The van der Waals surface area contributed by atoms with Crippen LogP contribution in [0.5, 0.6) is 0 Å². The van der Waals surface area contributed by atoms with Crippen LogP contribution in [-0.2, 0) is 38.0 Å². The number of anilines is 2. The Morgan fingerprint density at radius 1 is 0.974 bits per heavy atom. The summed E-state index contributed by atoms with van der Waals surface area (Å²) in [6.45, 7) is 1.71. The zero-order valence-electron chi connectivity index (χ0n) is 21.8. The van der Waals surface area contributed by atoms with Gasteiger partial charge in [0.05, 0.1) is 0 Å². The van der Waals surface area contributed by atoms with Gasteiger partial charge in [-0.2, -0.15) is 0 Å². The summed E-state index contributed by atoms with van der Waals surface area (Å²) >= 11 is 0. The molecule has 2 aromatic carbocycles. The van der Waals surface area contributed by atoms with Crippen LogP contribution in [-0.4, -0.2) is 45.5 Å². The molecule has 2 atom stereocenters. The molecule has 0 radical (unpaired) electrons. The number of carbonyl (C=O) groups excluding carboxylic acids is 3. The van der Waals surface area contributed by atoms with Gasteiger partial charge in [-0.1, -0.05) is 31.4 Å². The molecule has 2 N–H and O–H groups in total. The van der Waals surface area contributed by atoms with Crippen molar-refractivity contribution in [3.63, 3.8) is 0 Å². The molecular formula is C29H36FN3O4S. The van der Waals surface area contributed by atoms with Crippen molar-refractivity contribution in [3.05, 3.63) is 59.4 Å². The Morgan fingerprint density at radius 2 is 1.68 bits per heavy atom. The van der Waals surface area contributed by atoms with E-state index in [-0.39, 0.29) is 23.5 Å². The van der Waals surface area contributed by atoms with E-state index in [4.69, 9.17) is 0 Å². The molecule has 2 aromatic rings. The Balaban J connectivity index is 1.49. The molecule has 3 amide bonds. The number of hydrogen-bond acceptors (Lipinski definition) is 4. The summed E-state index contributed by atoms with van der Waals surface area (Å²) in [6.07, 6.45) is 9.00. The lowest BCUT2D eigenvalue weighted by molar-refractivity contribution is -0.126. The molecule has 7 nitrogen and oxygen atoms in total. The fraction of sp³-hybridized carbons (Fsp3) is 0.483. The second-order valence-electron chi connectivity index (χ2n) is 10.2. The first kappa shape index (κ1) is 28.0. The van der Waals surface area contributed by atoms with Crippen LogP contribution in [0.25, 0.3) is 0 Å². The van der Waals surface area contributed by atoms with Crippen LogP contribution in [0.2, 0.25) is 0 Å². The standard InChI is InChI=1S/C29H36FN3O4S/c1-20(29(36)32-23-10-3-2-4-11-23)33(26-13-7-9-21-8-5-6-12-25(21)26)28(35)19-38(37)18-27(34)31-24-16-14-22(30)15-17-24/h7,9,13-17,20,23H,2-6,8,10-12,18-19H2,1H3,(H,31,34)(H,32,36)/t20-,38-/m0/s1. The van der Waals surface area contributed by atoms with Crippen LogP contribution in [0.15, 0.2) is 42.5 Å². The second-order valence-corrected chi connectivity index (χ2v) is 11.6. The van der Waals surface area contributed by atoms with E-state index in [9.17, 15) is 23.0 Å². The summed E-state index contributed by atoms with van der Waals surface area (Å²) in [5.41, 5.74) is 3.30. The van der Waals surface area contributed by atoms with Gasteiger partial charge in [-0.3, -0.25) is 23.5 Å². The van der Waals surface area contributed by atoms with Crippen molar-refractivity contribution < 1.29 is 23.0 Å². The van der Waals surface area contributed by atoms with Gasteiger partial charge in [-0.05, 0) is 86.9 Å².